The number of ether oxygens (including phenoxy) is 1. The number of rotatable bonds is 4. The van der Waals surface area contributed by atoms with Crippen LogP contribution in [0.2, 0.25) is 0 Å². The second kappa shape index (κ2) is 6.57. The molecule has 2 unspecified atom stereocenters. The van der Waals surface area contributed by atoms with Gasteiger partial charge in [-0.15, -0.1) is 0 Å². The van der Waals surface area contributed by atoms with Crippen LogP contribution in [0.15, 0.2) is 18.2 Å². The number of hydrogen-bond acceptors (Lipinski definition) is 4. The van der Waals surface area contributed by atoms with Gasteiger partial charge in [-0.25, -0.2) is 0 Å². The topological polar surface area (TPSA) is 41.7 Å². The van der Waals surface area contributed by atoms with Gasteiger partial charge in [0.1, 0.15) is 5.75 Å². The molecule has 1 saturated heterocycles. The first-order chi connectivity index (χ1) is 9.55. The van der Waals surface area contributed by atoms with Gasteiger partial charge in [-0.3, -0.25) is 9.80 Å². The molecule has 112 valence electrons. The molecule has 1 aliphatic heterocycles. The molecule has 1 aliphatic rings. The fourth-order valence-corrected chi connectivity index (χ4v) is 2.97. The predicted molar refractivity (Wildman–Crippen MR) is 82.8 cm³/mol. The van der Waals surface area contributed by atoms with E-state index in [4.69, 9.17) is 10.5 Å². The lowest BCUT2D eigenvalue weighted by Crippen LogP contribution is -2.54. The summed E-state index contributed by atoms with van der Waals surface area (Å²) in [5.74, 6) is 0.960. The minimum Gasteiger partial charge on any atom is -0.496 e. The highest BCUT2D eigenvalue weighted by Crippen LogP contribution is 2.23. The first-order valence-corrected chi connectivity index (χ1v) is 7.35. The van der Waals surface area contributed by atoms with Crippen LogP contribution in [0.1, 0.15) is 25.0 Å². The van der Waals surface area contributed by atoms with E-state index in [0.717, 1.165) is 30.9 Å². The molecule has 1 heterocycles. The van der Waals surface area contributed by atoms with Crippen molar-refractivity contribution in [1.29, 1.82) is 0 Å². The van der Waals surface area contributed by atoms with Crippen molar-refractivity contribution in [2.24, 2.45) is 5.73 Å². The Labute approximate surface area is 122 Å². The van der Waals surface area contributed by atoms with Crippen LogP contribution < -0.4 is 10.5 Å². The van der Waals surface area contributed by atoms with Crippen molar-refractivity contribution in [2.75, 3.05) is 27.2 Å². The Balaban J connectivity index is 2.13. The third-order valence-corrected chi connectivity index (χ3v) is 4.41. The summed E-state index contributed by atoms with van der Waals surface area (Å²) in [7, 11) is 3.94. The van der Waals surface area contributed by atoms with Crippen LogP contribution in [0, 0.1) is 0 Å². The maximum atomic E-state index is 5.74. The third-order valence-electron chi connectivity index (χ3n) is 4.41. The lowest BCUT2D eigenvalue weighted by Gasteiger charge is -2.42. The van der Waals surface area contributed by atoms with E-state index in [0.29, 0.717) is 18.6 Å². The zero-order chi connectivity index (χ0) is 14.7. The monoisotopic (exact) mass is 277 g/mol. The maximum Gasteiger partial charge on any atom is 0.123 e. The fourth-order valence-electron chi connectivity index (χ4n) is 2.97. The number of hydrogen-bond donors (Lipinski definition) is 1. The van der Waals surface area contributed by atoms with Crippen LogP contribution >= 0.6 is 0 Å². The van der Waals surface area contributed by atoms with Crippen molar-refractivity contribution in [3.63, 3.8) is 0 Å². The van der Waals surface area contributed by atoms with Gasteiger partial charge in [0.25, 0.3) is 0 Å². The Morgan fingerprint density at radius 3 is 2.45 bits per heavy atom. The van der Waals surface area contributed by atoms with E-state index in [2.05, 4.69) is 36.8 Å². The van der Waals surface area contributed by atoms with Gasteiger partial charge in [-0.05, 0) is 38.6 Å². The Bertz CT molecular complexity index is 437. The number of nitrogens with two attached hydrogens (primary N) is 1. The van der Waals surface area contributed by atoms with Crippen LogP contribution in [-0.4, -0.2) is 49.1 Å². The van der Waals surface area contributed by atoms with Gasteiger partial charge >= 0.3 is 0 Å². The molecule has 4 nitrogen and oxygen atoms in total. The second-order valence-electron chi connectivity index (χ2n) is 5.91. The average molecular weight is 277 g/mol. The molecular weight excluding hydrogens is 250 g/mol. The average Bonchev–Trinajstić information content (AvgIpc) is 2.44. The van der Waals surface area contributed by atoms with Crippen LogP contribution in [0.3, 0.4) is 0 Å². The number of piperazine rings is 1. The molecule has 1 aromatic carbocycles. The van der Waals surface area contributed by atoms with Crippen LogP contribution in [-0.2, 0) is 13.1 Å². The summed E-state index contributed by atoms with van der Waals surface area (Å²) in [4.78, 5) is 4.96. The molecule has 2 atom stereocenters. The van der Waals surface area contributed by atoms with Gasteiger partial charge in [0.15, 0.2) is 0 Å². The zero-order valence-electron chi connectivity index (χ0n) is 13.1. The van der Waals surface area contributed by atoms with Crippen molar-refractivity contribution in [1.82, 2.24) is 9.80 Å². The molecule has 0 aliphatic carbocycles. The summed E-state index contributed by atoms with van der Waals surface area (Å²) in [6.07, 6.45) is 0. The quantitative estimate of drug-likeness (QED) is 0.909. The predicted octanol–water partition coefficient (Wildman–Crippen LogP) is 1.68. The molecule has 1 aromatic rings. The van der Waals surface area contributed by atoms with Gasteiger partial charge < -0.3 is 10.5 Å². The zero-order valence-corrected chi connectivity index (χ0v) is 13.1. The summed E-state index contributed by atoms with van der Waals surface area (Å²) < 4.78 is 5.48. The van der Waals surface area contributed by atoms with E-state index < -0.39 is 0 Å². The molecule has 1 fully saturated rings. The highest BCUT2D eigenvalue weighted by atomic mass is 16.5. The molecule has 2 rings (SSSR count). The molecule has 0 bridgehead atoms. The summed E-state index contributed by atoms with van der Waals surface area (Å²) >= 11 is 0. The SMILES string of the molecule is COc1ccc(CN)cc1CN1CC(C)N(C)C(C)C1. The summed E-state index contributed by atoms with van der Waals surface area (Å²) in [5, 5.41) is 0. The second-order valence-corrected chi connectivity index (χ2v) is 5.91. The Hall–Kier alpha value is -1.10. The molecule has 0 radical (unpaired) electrons. The highest BCUT2D eigenvalue weighted by molar-refractivity contribution is 5.37. The third kappa shape index (κ3) is 3.32. The normalized spacial score (nSPS) is 24.9. The minimum atomic E-state index is 0.576. The van der Waals surface area contributed by atoms with Crippen LogP contribution in [0.25, 0.3) is 0 Å². The van der Waals surface area contributed by atoms with E-state index in [1.807, 2.05) is 12.1 Å². The maximum absolute atomic E-state index is 5.74. The Morgan fingerprint density at radius 1 is 1.25 bits per heavy atom. The summed E-state index contributed by atoms with van der Waals surface area (Å²) in [6, 6.07) is 7.41. The first kappa shape index (κ1) is 15.3. The number of methoxy groups -OCH3 is 1. The van der Waals surface area contributed by atoms with Crippen molar-refractivity contribution >= 4 is 0 Å². The summed E-state index contributed by atoms with van der Waals surface area (Å²) in [6.45, 7) is 8.27. The smallest absolute Gasteiger partial charge is 0.123 e. The fraction of sp³-hybridized carbons (Fsp3) is 0.625. The molecule has 20 heavy (non-hydrogen) atoms. The lowest BCUT2D eigenvalue weighted by atomic mass is 10.1. The molecule has 0 aromatic heterocycles. The largest absolute Gasteiger partial charge is 0.496 e. The standard InChI is InChI=1S/C16H27N3O/c1-12-9-19(10-13(2)18(12)3)11-15-7-14(8-17)5-6-16(15)20-4/h5-7,12-13H,8-11,17H2,1-4H3. The van der Waals surface area contributed by atoms with Crippen molar-refractivity contribution < 1.29 is 4.74 Å². The number of likely N-dealkylation sites (N-methyl/N-ethyl adjacent to an activating group) is 1. The van der Waals surface area contributed by atoms with Crippen LogP contribution in [0.5, 0.6) is 5.75 Å². The molecule has 0 spiro atoms. The molecule has 4 heteroatoms. The van der Waals surface area contributed by atoms with Crippen molar-refractivity contribution in [3.8, 4) is 5.75 Å². The lowest BCUT2D eigenvalue weighted by molar-refractivity contribution is 0.0552. The van der Waals surface area contributed by atoms with Gasteiger partial charge in [-0.2, -0.15) is 0 Å². The number of benzene rings is 1. The van der Waals surface area contributed by atoms with E-state index in [9.17, 15) is 0 Å². The molecule has 0 saturated carbocycles. The molecule has 2 N–H and O–H groups in total. The van der Waals surface area contributed by atoms with Crippen LogP contribution in [0.4, 0.5) is 0 Å². The van der Waals surface area contributed by atoms with Gasteiger partial charge in [0.2, 0.25) is 0 Å². The minimum absolute atomic E-state index is 0.576. The van der Waals surface area contributed by atoms with E-state index >= 15 is 0 Å². The first-order valence-electron chi connectivity index (χ1n) is 7.35. The molecule has 0 amide bonds. The number of nitrogens with zero attached hydrogens (tertiary/aromatic N) is 2. The highest BCUT2D eigenvalue weighted by Gasteiger charge is 2.26. The van der Waals surface area contributed by atoms with E-state index in [1.54, 1.807) is 7.11 Å². The Morgan fingerprint density at radius 2 is 1.90 bits per heavy atom. The van der Waals surface area contributed by atoms with Crippen molar-refractivity contribution in [2.45, 2.75) is 39.0 Å². The van der Waals surface area contributed by atoms with E-state index in [1.165, 1.54) is 5.56 Å². The molecular formula is C16H27N3O. The van der Waals surface area contributed by atoms with Gasteiger partial charge in [-0.1, -0.05) is 6.07 Å². The van der Waals surface area contributed by atoms with E-state index in [-0.39, 0.29) is 0 Å². The van der Waals surface area contributed by atoms with Crippen molar-refractivity contribution in [3.05, 3.63) is 29.3 Å². The summed E-state index contributed by atoms with van der Waals surface area (Å²) in [5.41, 5.74) is 8.14. The van der Waals surface area contributed by atoms with Gasteiger partial charge in [0.05, 0.1) is 7.11 Å². The van der Waals surface area contributed by atoms with Gasteiger partial charge in [0, 0.05) is 43.8 Å². The Kier molecular flexibility index (Phi) is 5.02.